The summed E-state index contributed by atoms with van der Waals surface area (Å²) in [6, 6.07) is 7.27. The highest BCUT2D eigenvalue weighted by atomic mass is 19.4. The number of alkyl halides is 3. The standard InChI is InChI=1S/C17H13F3N4O2/c1-26-11-4-2-9(3-5-11)10-6-13-12(14(25)7-10)8-21-16-22-15(17(18,19)20)23-24(13)16/h2-5,8,10H,6-7H2,1H3. The van der Waals surface area contributed by atoms with E-state index in [2.05, 4.69) is 15.1 Å². The van der Waals surface area contributed by atoms with Crippen LogP contribution in [0.25, 0.3) is 5.78 Å². The van der Waals surface area contributed by atoms with Crippen LogP contribution in [0.3, 0.4) is 0 Å². The molecule has 0 spiro atoms. The van der Waals surface area contributed by atoms with Gasteiger partial charge in [0.05, 0.1) is 18.4 Å². The van der Waals surface area contributed by atoms with E-state index in [1.165, 1.54) is 6.20 Å². The monoisotopic (exact) mass is 362 g/mol. The Morgan fingerprint density at radius 3 is 2.58 bits per heavy atom. The summed E-state index contributed by atoms with van der Waals surface area (Å²) in [4.78, 5) is 19.8. The number of hydrogen-bond donors (Lipinski definition) is 0. The molecule has 1 aromatic carbocycles. The molecule has 0 saturated heterocycles. The van der Waals surface area contributed by atoms with E-state index in [4.69, 9.17) is 4.74 Å². The van der Waals surface area contributed by atoms with Crippen molar-refractivity contribution >= 4 is 11.6 Å². The number of rotatable bonds is 2. The van der Waals surface area contributed by atoms with E-state index < -0.39 is 12.0 Å². The largest absolute Gasteiger partial charge is 0.497 e. The van der Waals surface area contributed by atoms with Gasteiger partial charge in [-0.15, -0.1) is 5.10 Å². The Morgan fingerprint density at radius 1 is 1.19 bits per heavy atom. The molecule has 134 valence electrons. The zero-order chi connectivity index (χ0) is 18.5. The number of ether oxygens (including phenoxy) is 1. The molecule has 3 aromatic rings. The van der Waals surface area contributed by atoms with Gasteiger partial charge < -0.3 is 4.74 Å². The zero-order valence-corrected chi connectivity index (χ0v) is 13.6. The molecule has 2 aromatic heterocycles. The van der Waals surface area contributed by atoms with E-state index in [0.717, 1.165) is 10.1 Å². The average Bonchev–Trinajstić information content (AvgIpc) is 3.07. The fourth-order valence-electron chi connectivity index (χ4n) is 3.18. The Kier molecular flexibility index (Phi) is 3.67. The number of fused-ring (bicyclic) bond motifs is 3. The van der Waals surface area contributed by atoms with Crippen molar-refractivity contribution in [1.29, 1.82) is 0 Å². The number of hydrogen-bond acceptors (Lipinski definition) is 5. The second-order valence-corrected chi connectivity index (χ2v) is 6.07. The third kappa shape index (κ3) is 2.69. The lowest BCUT2D eigenvalue weighted by Gasteiger charge is -2.24. The highest BCUT2D eigenvalue weighted by Gasteiger charge is 2.38. The molecule has 9 heteroatoms. The van der Waals surface area contributed by atoms with Gasteiger partial charge in [-0.1, -0.05) is 12.1 Å². The van der Waals surface area contributed by atoms with E-state index in [-0.39, 0.29) is 23.9 Å². The van der Waals surface area contributed by atoms with Crippen LogP contribution < -0.4 is 4.74 Å². The Labute approximate surface area is 145 Å². The summed E-state index contributed by atoms with van der Waals surface area (Å²) in [5.74, 6) is -1.08. The van der Waals surface area contributed by atoms with E-state index in [1.807, 2.05) is 12.1 Å². The SMILES string of the molecule is COc1ccc(C2CC(=O)c3cnc4nc(C(F)(F)F)nn4c3C2)cc1. The minimum absolute atomic E-state index is 0.162. The topological polar surface area (TPSA) is 69.4 Å². The van der Waals surface area contributed by atoms with Gasteiger partial charge in [0, 0.05) is 12.6 Å². The van der Waals surface area contributed by atoms with Crippen LogP contribution in [-0.2, 0) is 12.6 Å². The molecule has 0 amide bonds. The maximum absolute atomic E-state index is 12.9. The van der Waals surface area contributed by atoms with Crippen LogP contribution in [-0.4, -0.2) is 32.5 Å². The Hall–Kier alpha value is -2.97. The molecule has 6 nitrogen and oxygen atoms in total. The fraction of sp³-hybridized carbons (Fsp3) is 0.294. The van der Waals surface area contributed by atoms with E-state index in [9.17, 15) is 18.0 Å². The predicted molar refractivity (Wildman–Crippen MR) is 84.2 cm³/mol. The van der Waals surface area contributed by atoms with E-state index in [1.54, 1.807) is 19.2 Å². The van der Waals surface area contributed by atoms with Crippen molar-refractivity contribution < 1.29 is 22.7 Å². The van der Waals surface area contributed by atoms with Crippen LogP contribution in [0.4, 0.5) is 13.2 Å². The first-order valence-corrected chi connectivity index (χ1v) is 7.86. The van der Waals surface area contributed by atoms with Crippen LogP contribution in [0.5, 0.6) is 5.75 Å². The minimum Gasteiger partial charge on any atom is -0.497 e. The number of carbonyl (C=O) groups excluding carboxylic acids is 1. The van der Waals surface area contributed by atoms with Gasteiger partial charge in [-0.25, -0.2) is 9.50 Å². The number of Topliss-reactive ketones (excluding diaryl/α,β-unsaturated/α-hetero) is 1. The summed E-state index contributed by atoms with van der Waals surface area (Å²) in [7, 11) is 1.56. The molecular formula is C17H13F3N4O2. The lowest BCUT2D eigenvalue weighted by Crippen LogP contribution is -2.22. The highest BCUT2D eigenvalue weighted by Crippen LogP contribution is 2.34. The van der Waals surface area contributed by atoms with Gasteiger partial charge in [0.1, 0.15) is 5.75 Å². The Morgan fingerprint density at radius 2 is 1.92 bits per heavy atom. The number of methoxy groups -OCH3 is 1. The van der Waals surface area contributed by atoms with Crippen LogP contribution in [0.1, 0.15) is 39.8 Å². The summed E-state index contributed by atoms with van der Waals surface area (Å²) in [6.07, 6.45) is -2.76. The molecule has 2 heterocycles. The summed E-state index contributed by atoms with van der Waals surface area (Å²) >= 11 is 0. The van der Waals surface area contributed by atoms with Crippen molar-refractivity contribution in [1.82, 2.24) is 19.6 Å². The number of benzene rings is 1. The van der Waals surface area contributed by atoms with Crippen LogP contribution in [0.2, 0.25) is 0 Å². The van der Waals surface area contributed by atoms with Gasteiger partial charge in [0.2, 0.25) is 0 Å². The quantitative estimate of drug-likeness (QED) is 0.701. The predicted octanol–water partition coefficient (Wildman–Crippen LogP) is 3.06. The first-order chi connectivity index (χ1) is 12.4. The zero-order valence-electron chi connectivity index (χ0n) is 13.6. The normalized spacial score (nSPS) is 17.4. The molecule has 1 aliphatic carbocycles. The van der Waals surface area contributed by atoms with Gasteiger partial charge in [-0.05, 0) is 30.0 Å². The molecule has 1 aliphatic rings. The maximum atomic E-state index is 12.9. The summed E-state index contributed by atoms with van der Waals surface area (Å²) < 4.78 is 44.9. The number of halogens is 3. The van der Waals surface area contributed by atoms with Gasteiger partial charge in [0.15, 0.2) is 5.78 Å². The smallest absolute Gasteiger partial charge is 0.453 e. The van der Waals surface area contributed by atoms with Gasteiger partial charge in [-0.2, -0.15) is 18.2 Å². The van der Waals surface area contributed by atoms with Crippen molar-refractivity contribution in [3.63, 3.8) is 0 Å². The second kappa shape index (κ2) is 5.79. The van der Waals surface area contributed by atoms with Gasteiger partial charge in [0.25, 0.3) is 11.6 Å². The highest BCUT2D eigenvalue weighted by molar-refractivity contribution is 5.98. The summed E-state index contributed by atoms with van der Waals surface area (Å²) in [6.45, 7) is 0. The molecule has 1 atom stereocenters. The molecule has 0 N–H and O–H groups in total. The Balaban J connectivity index is 1.78. The fourth-order valence-corrected chi connectivity index (χ4v) is 3.18. The molecule has 0 aliphatic heterocycles. The van der Waals surface area contributed by atoms with Crippen LogP contribution in [0.15, 0.2) is 30.5 Å². The molecule has 0 bridgehead atoms. The summed E-state index contributed by atoms with van der Waals surface area (Å²) in [5.41, 5.74) is 1.60. The van der Waals surface area contributed by atoms with Crippen LogP contribution >= 0.6 is 0 Å². The first-order valence-electron chi connectivity index (χ1n) is 7.86. The van der Waals surface area contributed by atoms with Crippen molar-refractivity contribution in [3.8, 4) is 5.75 Å². The molecular weight excluding hydrogens is 349 g/mol. The first kappa shape index (κ1) is 16.5. The number of nitrogens with zero attached hydrogens (tertiary/aromatic N) is 4. The molecule has 4 rings (SSSR count). The van der Waals surface area contributed by atoms with Gasteiger partial charge >= 0.3 is 6.18 Å². The van der Waals surface area contributed by atoms with Gasteiger partial charge in [-0.3, -0.25) is 4.79 Å². The molecule has 0 fully saturated rings. The van der Waals surface area contributed by atoms with Crippen molar-refractivity contribution in [2.45, 2.75) is 24.9 Å². The third-order valence-electron chi connectivity index (χ3n) is 4.48. The summed E-state index contributed by atoms with van der Waals surface area (Å²) in [5, 5.41) is 3.53. The lowest BCUT2D eigenvalue weighted by atomic mass is 9.82. The van der Waals surface area contributed by atoms with Crippen molar-refractivity contribution in [2.24, 2.45) is 0 Å². The third-order valence-corrected chi connectivity index (χ3v) is 4.48. The van der Waals surface area contributed by atoms with Crippen molar-refractivity contribution in [2.75, 3.05) is 7.11 Å². The lowest BCUT2D eigenvalue weighted by molar-refractivity contribution is -0.144. The molecule has 26 heavy (non-hydrogen) atoms. The molecule has 0 saturated carbocycles. The molecule has 1 unspecified atom stereocenters. The second-order valence-electron chi connectivity index (χ2n) is 6.07. The average molecular weight is 362 g/mol. The number of ketones is 1. The number of carbonyl (C=O) groups is 1. The van der Waals surface area contributed by atoms with E-state index >= 15 is 0 Å². The van der Waals surface area contributed by atoms with E-state index in [0.29, 0.717) is 23.4 Å². The van der Waals surface area contributed by atoms with Crippen LogP contribution in [0, 0.1) is 0 Å². The maximum Gasteiger partial charge on any atom is 0.453 e. The minimum atomic E-state index is -4.67. The number of aromatic nitrogens is 4. The Bertz CT molecular complexity index is 996. The molecule has 0 radical (unpaired) electrons. The van der Waals surface area contributed by atoms with Crippen molar-refractivity contribution in [3.05, 3.63) is 53.1 Å².